The van der Waals surface area contributed by atoms with Crippen LogP contribution in [0.5, 0.6) is 0 Å². The Labute approximate surface area is 169 Å². The fourth-order valence-corrected chi connectivity index (χ4v) is 5.30. The molecule has 0 N–H and O–H groups in total. The van der Waals surface area contributed by atoms with Gasteiger partial charge in [0.2, 0.25) is 5.91 Å². The predicted octanol–water partition coefficient (Wildman–Crippen LogP) is 4.04. The SMILES string of the molecule is O=C(CCN1CCC2(CC1)OCCO2)N1c2ccccc2Sc2ccccc21. The minimum atomic E-state index is -0.359. The van der Waals surface area contributed by atoms with E-state index in [1.54, 1.807) is 11.8 Å². The number of likely N-dealkylation sites (tertiary alicyclic amines) is 1. The van der Waals surface area contributed by atoms with Crippen LogP contribution in [0, 0.1) is 0 Å². The van der Waals surface area contributed by atoms with Gasteiger partial charge >= 0.3 is 0 Å². The zero-order chi connectivity index (χ0) is 19.0. The van der Waals surface area contributed by atoms with Crippen molar-refractivity contribution in [2.75, 3.05) is 37.7 Å². The molecule has 1 amide bonds. The topological polar surface area (TPSA) is 42.0 Å². The molecule has 6 heteroatoms. The first-order chi connectivity index (χ1) is 13.7. The summed E-state index contributed by atoms with van der Waals surface area (Å²) in [4.78, 5) is 19.8. The number of carbonyl (C=O) groups is 1. The Kier molecular flexibility index (Phi) is 4.88. The zero-order valence-electron chi connectivity index (χ0n) is 15.8. The summed E-state index contributed by atoms with van der Waals surface area (Å²) in [6.07, 6.45) is 2.27. The summed E-state index contributed by atoms with van der Waals surface area (Å²) < 4.78 is 11.6. The van der Waals surface area contributed by atoms with Gasteiger partial charge < -0.3 is 14.4 Å². The van der Waals surface area contributed by atoms with E-state index in [9.17, 15) is 4.79 Å². The van der Waals surface area contributed by atoms with Crippen LogP contribution < -0.4 is 4.90 Å². The molecule has 0 unspecified atom stereocenters. The van der Waals surface area contributed by atoms with E-state index in [2.05, 4.69) is 17.0 Å². The van der Waals surface area contributed by atoms with Crippen molar-refractivity contribution in [3.8, 4) is 0 Å². The summed E-state index contributed by atoms with van der Waals surface area (Å²) in [5, 5.41) is 0. The van der Waals surface area contributed by atoms with E-state index in [0.717, 1.165) is 53.6 Å². The van der Waals surface area contributed by atoms with Crippen molar-refractivity contribution in [2.45, 2.75) is 34.8 Å². The Morgan fingerprint density at radius 3 is 2.11 bits per heavy atom. The number of hydrogen-bond donors (Lipinski definition) is 0. The number of piperidine rings is 1. The second-order valence-corrected chi connectivity index (χ2v) is 8.55. The van der Waals surface area contributed by atoms with Crippen molar-refractivity contribution in [2.24, 2.45) is 0 Å². The van der Waals surface area contributed by atoms with Gasteiger partial charge in [0.1, 0.15) is 0 Å². The highest BCUT2D eigenvalue weighted by atomic mass is 32.2. The summed E-state index contributed by atoms with van der Waals surface area (Å²) in [5.41, 5.74) is 1.98. The van der Waals surface area contributed by atoms with Gasteiger partial charge in [-0.1, -0.05) is 36.0 Å². The first-order valence-corrected chi connectivity index (χ1v) is 10.7. The number of fused-ring (bicyclic) bond motifs is 2. The fraction of sp³-hybridized carbons (Fsp3) is 0.409. The van der Waals surface area contributed by atoms with Crippen LogP contribution in [0.2, 0.25) is 0 Å². The first kappa shape index (κ1) is 18.2. The summed E-state index contributed by atoms with van der Waals surface area (Å²) in [6.45, 7) is 3.99. The van der Waals surface area contributed by atoms with Gasteiger partial charge in [0, 0.05) is 48.7 Å². The molecular weight excluding hydrogens is 372 g/mol. The van der Waals surface area contributed by atoms with Gasteiger partial charge in [0.15, 0.2) is 5.79 Å². The van der Waals surface area contributed by atoms with E-state index in [0.29, 0.717) is 19.6 Å². The minimum Gasteiger partial charge on any atom is -0.347 e. The van der Waals surface area contributed by atoms with E-state index >= 15 is 0 Å². The number of nitrogens with zero attached hydrogens (tertiary/aromatic N) is 2. The van der Waals surface area contributed by atoms with E-state index in [4.69, 9.17) is 9.47 Å². The lowest BCUT2D eigenvalue weighted by molar-refractivity contribution is -0.185. The van der Waals surface area contributed by atoms with Crippen molar-refractivity contribution in [1.29, 1.82) is 0 Å². The van der Waals surface area contributed by atoms with E-state index < -0.39 is 0 Å². The number of benzene rings is 2. The first-order valence-electron chi connectivity index (χ1n) is 9.93. The number of hydrogen-bond acceptors (Lipinski definition) is 5. The molecule has 5 nitrogen and oxygen atoms in total. The highest BCUT2D eigenvalue weighted by Gasteiger charge is 2.39. The molecule has 0 bridgehead atoms. The molecule has 1 spiro atoms. The average molecular weight is 397 g/mol. The molecule has 0 aliphatic carbocycles. The monoisotopic (exact) mass is 396 g/mol. The maximum atomic E-state index is 13.3. The standard InChI is InChI=1S/C22H24N2O3S/c25-21(9-12-23-13-10-22(11-14-23)26-15-16-27-22)24-17-5-1-3-7-19(17)28-20-8-4-2-6-18(20)24/h1-8H,9-16H2. The molecule has 5 rings (SSSR count). The molecule has 28 heavy (non-hydrogen) atoms. The van der Waals surface area contributed by atoms with Crippen LogP contribution in [0.1, 0.15) is 19.3 Å². The predicted molar refractivity (Wildman–Crippen MR) is 109 cm³/mol. The molecule has 0 aromatic heterocycles. The normalized spacial score (nSPS) is 20.8. The average Bonchev–Trinajstić information content (AvgIpc) is 3.19. The van der Waals surface area contributed by atoms with Gasteiger partial charge in [-0.3, -0.25) is 9.69 Å². The number of amides is 1. The number of rotatable bonds is 3. The number of anilines is 2. The number of ether oxygens (including phenoxy) is 2. The molecule has 3 heterocycles. The molecule has 0 atom stereocenters. The quantitative estimate of drug-likeness (QED) is 0.783. The van der Waals surface area contributed by atoms with E-state index in [1.807, 2.05) is 41.3 Å². The number of para-hydroxylation sites is 2. The van der Waals surface area contributed by atoms with Crippen LogP contribution in [0.25, 0.3) is 0 Å². The maximum Gasteiger partial charge on any atom is 0.232 e. The lowest BCUT2D eigenvalue weighted by atomic mass is 10.0. The van der Waals surface area contributed by atoms with Crippen molar-refractivity contribution in [3.05, 3.63) is 48.5 Å². The molecular formula is C22H24N2O3S. The van der Waals surface area contributed by atoms with Crippen LogP contribution in [-0.4, -0.2) is 49.4 Å². The Hall–Kier alpha value is -1.86. The van der Waals surface area contributed by atoms with Gasteiger partial charge in [0.05, 0.1) is 24.6 Å². The molecule has 3 aliphatic rings. The van der Waals surface area contributed by atoms with Crippen molar-refractivity contribution >= 4 is 29.0 Å². The largest absolute Gasteiger partial charge is 0.347 e. The zero-order valence-corrected chi connectivity index (χ0v) is 16.6. The van der Waals surface area contributed by atoms with Gasteiger partial charge in [-0.05, 0) is 24.3 Å². The Balaban J connectivity index is 1.28. The van der Waals surface area contributed by atoms with Crippen LogP contribution in [0.4, 0.5) is 11.4 Å². The van der Waals surface area contributed by atoms with Gasteiger partial charge in [-0.25, -0.2) is 0 Å². The second kappa shape index (κ2) is 7.52. The second-order valence-electron chi connectivity index (χ2n) is 7.47. The van der Waals surface area contributed by atoms with Gasteiger partial charge in [0.25, 0.3) is 0 Å². The highest BCUT2D eigenvalue weighted by Crippen LogP contribution is 2.48. The minimum absolute atomic E-state index is 0.147. The Morgan fingerprint density at radius 2 is 1.50 bits per heavy atom. The third kappa shape index (κ3) is 3.35. The molecule has 146 valence electrons. The van der Waals surface area contributed by atoms with E-state index in [1.165, 1.54) is 0 Å². The molecule has 0 saturated carbocycles. The molecule has 0 radical (unpaired) electrons. The van der Waals surface area contributed by atoms with Crippen LogP contribution in [0.15, 0.2) is 58.3 Å². The summed E-state index contributed by atoms with van der Waals surface area (Å²) in [7, 11) is 0. The number of carbonyl (C=O) groups excluding carboxylic acids is 1. The summed E-state index contributed by atoms with van der Waals surface area (Å²) in [6, 6.07) is 16.3. The van der Waals surface area contributed by atoms with Crippen molar-refractivity contribution in [1.82, 2.24) is 4.90 Å². The molecule has 2 aromatic carbocycles. The lowest BCUT2D eigenvalue weighted by Gasteiger charge is -2.38. The van der Waals surface area contributed by atoms with Gasteiger partial charge in [-0.2, -0.15) is 0 Å². The highest BCUT2D eigenvalue weighted by molar-refractivity contribution is 7.99. The molecule has 2 aromatic rings. The Bertz CT molecular complexity index is 826. The molecule has 3 aliphatic heterocycles. The summed E-state index contributed by atoms with van der Waals surface area (Å²) >= 11 is 1.73. The fourth-order valence-electron chi connectivity index (χ4n) is 4.24. The third-order valence-corrected chi connectivity index (χ3v) is 6.89. The van der Waals surface area contributed by atoms with Crippen LogP contribution in [-0.2, 0) is 14.3 Å². The van der Waals surface area contributed by atoms with E-state index in [-0.39, 0.29) is 11.7 Å². The van der Waals surface area contributed by atoms with Crippen molar-refractivity contribution in [3.63, 3.8) is 0 Å². The Morgan fingerprint density at radius 1 is 0.929 bits per heavy atom. The third-order valence-electron chi connectivity index (χ3n) is 5.75. The van der Waals surface area contributed by atoms with Crippen LogP contribution >= 0.6 is 11.8 Å². The van der Waals surface area contributed by atoms with Crippen LogP contribution in [0.3, 0.4) is 0 Å². The smallest absolute Gasteiger partial charge is 0.232 e. The maximum absolute atomic E-state index is 13.3. The van der Waals surface area contributed by atoms with Gasteiger partial charge in [-0.15, -0.1) is 0 Å². The van der Waals surface area contributed by atoms with Crippen molar-refractivity contribution < 1.29 is 14.3 Å². The lowest BCUT2D eigenvalue weighted by Crippen LogP contribution is -2.46. The molecule has 2 saturated heterocycles. The molecule has 2 fully saturated rings. The summed E-state index contributed by atoms with van der Waals surface area (Å²) in [5.74, 6) is -0.212.